The van der Waals surface area contributed by atoms with E-state index in [1.54, 1.807) is 0 Å². The Morgan fingerprint density at radius 3 is 2.48 bits per heavy atom. The molecule has 136 valence electrons. The quantitative estimate of drug-likeness (QED) is 0.455. The lowest BCUT2D eigenvalue weighted by atomic mass is 9.95. The standard InChI is InChI=1S/C21H27BrO2S/c1-6-7-10-23-18-9-8-17(22)15-11-19-20(12-16(15)18)25-21(24-19,13(2)3)14(4)5/h8-9,11-14H,6-7,10H2,1-5H3. The average molecular weight is 423 g/mol. The molecule has 1 aliphatic heterocycles. The Balaban J connectivity index is 2.05. The maximum absolute atomic E-state index is 6.52. The molecule has 0 atom stereocenters. The van der Waals surface area contributed by atoms with Crippen LogP contribution in [0.2, 0.25) is 0 Å². The third-order valence-electron chi connectivity index (χ3n) is 4.89. The van der Waals surface area contributed by atoms with Gasteiger partial charge in [-0.05, 0) is 30.7 Å². The summed E-state index contributed by atoms with van der Waals surface area (Å²) in [6.45, 7) is 11.9. The van der Waals surface area contributed by atoms with Crippen molar-refractivity contribution < 1.29 is 9.47 Å². The van der Waals surface area contributed by atoms with Crippen molar-refractivity contribution in [2.75, 3.05) is 6.61 Å². The summed E-state index contributed by atoms with van der Waals surface area (Å²) in [4.78, 5) is 1.02. The number of halogens is 1. The maximum atomic E-state index is 6.52. The molecule has 0 saturated carbocycles. The van der Waals surface area contributed by atoms with Crippen LogP contribution in [-0.4, -0.2) is 11.5 Å². The zero-order chi connectivity index (χ0) is 18.2. The number of thioether (sulfide) groups is 1. The number of hydrogen-bond donors (Lipinski definition) is 0. The molecule has 0 aromatic heterocycles. The van der Waals surface area contributed by atoms with Crippen molar-refractivity contribution >= 4 is 38.5 Å². The Bertz CT molecular complexity index is 762. The molecule has 2 aromatic carbocycles. The van der Waals surface area contributed by atoms with E-state index in [1.165, 1.54) is 4.90 Å². The lowest BCUT2D eigenvalue weighted by molar-refractivity contribution is 0.0757. The summed E-state index contributed by atoms with van der Waals surface area (Å²) < 4.78 is 13.6. The Kier molecular flexibility index (Phi) is 5.60. The van der Waals surface area contributed by atoms with Crippen LogP contribution >= 0.6 is 27.7 Å². The van der Waals surface area contributed by atoms with Gasteiger partial charge in [-0.1, -0.05) is 68.7 Å². The van der Waals surface area contributed by atoms with Gasteiger partial charge in [0.05, 0.1) is 11.5 Å². The third-order valence-corrected chi connectivity index (χ3v) is 7.47. The number of benzene rings is 2. The van der Waals surface area contributed by atoms with Crippen LogP contribution in [-0.2, 0) is 0 Å². The molecular weight excluding hydrogens is 396 g/mol. The second kappa shape index (κ2) is 7.40. The fraction of sp³-hybridized carbons (Fsp3) is 0.524. The average Bonchev–Trinajstić information content (AvgIpc) is 2.96. The number of ether oxygens (including phenoxy) is 2. The molecular formula is C21H27BrO2S. The van der Waals surface area contributed by atoms with E-state index >= 15 is 0 Å². The minimum Gasteiger partial charge on any atom is -0.493 e. The fourth-order valence-corrected chi connectivity index (χ4v) is 5.19. The topological polar surface area (TPSA) is 18.5 Å². The number of fused-ring (bicyclic) bond motifs is 2. The van der Waals surface area contributed by atoms with Gasteiger partial charge in [0.1, 0.15) is 11.5 Å². The van der Waals surface area contributed by atoms with Gasteiger partial charge >= 0.3 is 0 Å². The Morgan fingerprint density at radius 2 is 1.84 bits per heavy atom. The van der Waals surface area contributed by atoms with Crippen LogP contribution in [0.4, 0.5) is 0 Å². The van der Waals surface area contributed by atoms with Gasteiger partial charge in [0.2, 0.25) is 0 Å². The van der Waals surface area contributed by atoms with Crippen molar-refractivity contribution in [3.63, 3.8) is 0 Å². The molecule has 0 bridgehead atoms. The van der Waals surface area contributed by atoms with Gasteiger partial charge in [-0.15, -0.1) is 0 Å². The third kappa shape index (κ3) is 3.40. The Hall–Kier alpha value is -0.870. The summed E-state index contributed by atoms with van der Waals surface area (Å²) in [5.74, 6) is 2.81. The van der Waals surface area contributed by atoms with Crippen molar-refractivity contribution in [3.05, 3.63) is 28.7 Å². The van der Waals surface area contributed by atoms with E-state index in [4.69, 9.17) is 9.47 Å². The van der Waals surface area contributed by atoms with Gasteiger partial charge in [-0.25, -0.2) is 0 Å². The van der Waals surface area contributed by atoms with Crippen molar-refractivity contribution in [2.24, 2.45) is 11.8 Å². The summed E-state index contributed by atoms with van der Waals surface area (Å²) in [7, 11) is 0. The van der Waals surface area contributed by atoms with Gasteiger partial charge < -0.3 is 9.47 Å². The van der Waals surface area contributed by atoms with Crippen molar-refractivity contribution in [3.8, 4) is 11.5 Å². The highest BCUT2D eigenvalue weighted by Gasteiger charge is 2.46. The van der Waals surface area contributed by atoms with Gasteiger partial charge in [-0.3, -0.25) is 0 Å². The number of hydrogen-bond acceptors (Lipinski definition) is 3. The van der Waals surface area contributed by atoms with E-state index in [9.17, 15) is 0 Å². The largest absolute Gasteiger partial charge is 0.493 e. The zero-order valence-electron chi connectivity index (χ0n) is 15.7. The molecule has 1 heterocycles. The second-order valence-corrected chi connectivity index (χ2v) is 9.46. The molecule has 0 fully saturated rings. The van der Waals surface area contributed by atoms with Crippen LogP contribution in [0.5, 0.6) is 11.5 Å². The highest BCUT2D eigenvalue weighted by atomic mass is 79.9. The zero-order valence-corrected chi connectivity index (χ0v) is 18.1. The van der Waals surface area contributed by atoms with Gasteiger partial charge in [0.15, 0.2) is 4.93 Å². The molecule has 0 amide bonds. The van der Waals surface area contributed by atoms with Crippen molar-refractivity contribution in [2.45, 2.75) is 57.3 Å². The molecule has 0 saturated heterocycles. The van der Waals surface area contributed by atoms with Crippen LogP contribution in [0.3, 0.4) is 0 Å². The summed E-state index contributed by atoms with van der Waals surface area (Å²) in [6.07, 6.45) is 2.21. The summed E-state index contributed by atoms with van der Waals surface area (Å²) in [5.41, 5.74) is 0. The first-order valence-electron chi connectivity index (χ1n) is 9.16. The van der Waals surface area contributed by atoms with E-state index in [-0.39, 0.29) is 4.93 Å². The second-order valence-electron chi connectivity index (χ2n) is 7.33. The molecule has 0 N–H and O–H groups in total. The first-order chi connectivity index (χ1) is 11.9. The smallest absolute Gasteiger partial charge is 0.163 e. The summed E-state index contributed by atoms with van der Waals surface area (Å²) in [5, 5.41) is 2.31. The van der Waals surface area contributed by atoms with E-state index in [1.807, 2.05) is 11.8 Å². The highest BCUT2D eigenvalue weighted by molar-refractivity contribution is 9.10. The molecule has 0 aliphatic carbocycles. The van der Waals surface area contributed by atoms with Gasteiger partial charge in [-0.2, -0.15) is 0 Å². The summed E-state index contributed by atoms with van der Waals surface area (Å²) >= 11 is 5.55. The van der Waals surface area contributed by atoms with E-state index in [0.717, 1.165) is 46.2 Å². The summed E-state index contributed by atoms with van der Waals surface area (Å²) in [6, 6.07) is 8.54. The fourth-order valence-electron chi connectivity index (χ4n) is 3.40. The van der Waals surface area contributed by atoms with E-state index in [0.29, 0.717) is 11.8 Å². The van der Waals surface area contributed by atoms with Crippen LogP contribution < -0.4 is 9.47 Å². The number of rotatable bonds is 6. The maximum Gasteiger partial charge on any atom is 0.163 e. The van der Waals surface area contributed by atoms with Crippen molar-refractivity contribution in [1.82, 2.24) is 0 Å². The monoisotopic (exact) mass is 422 g/mol. The Morgan fingerprint density at radius 1 is 1.12 bits per heavy atom. The van der Waals surface area contributed by atoms with Gasteiger partial charge in [0, 0.05) is 27.1 Å². The highest BCUT2D eigenvalue weighted by Crippen LogP contribution is 2.56. The van der Waals surface area contributed by atoms with Crippen LogP contribution in [0.15, 0.2) is 33.6 Å². The number of unbranched alkanes of at least 4 members (excludes halogenated alkanes) is 1. The van der Waals surface area contributed by atoms with E-state index in [2.05, 4.69) is 74.8 Å². The van der Waals surface area contributed by atoms with Crippen LogP contribution in [0.1, 0.15) is 47.5 Å². The molecule has 2 nitrogen and oxygen atoms in total. The molecule has 2 aromatic rings. The van der Waals surface area contributed by atoms with Crippen LogP contribution in [0.25, 0.3) is 10.8 Å². The minimum absolute atomic E-state index is 0.199. The first kappa shape index (κ1) is 18.9. The van der Waals surface area contributed by atoms with Gasteiger partial charge in [0.25, 0.3) is 0 Å². The lowest BCUT2D eigenvalue weighted by Gasteiger charge is -2.35. The van der Waals surface area contributed by atoms with Crippen LogP contribution in [0, 0.1) is 11.8 Å². The predicted octanol–water partition coefficient (Wildman–Crippen LogP) is 7.27. The Labute approximate surface area is 163 Å². The molecule has 0 spiro atoms. The first-order valence-corrected chi connectivity index (χ1v) is 10.8. The molecule has 0 radical (unpaired) electrons. The molecule has 25 heavy (non-hydrogen) atoms. The SMILES string of the molecule is CCCCOc1ccc(Br)c2cc3c(cc12)SC(C(C)C)(C(C)C)O3. The molecule has 3 rings (SSSR count). The molecule has 1 aliphatic rings. The lowest BCUT2D eigenvalue weighted by Crippen LogP contribution is -2.40. The van der Waals surface area contributed by atoms with Crippen molar-refractivity contribution in [1.29, 1.82) is 0 Å². The molecule has 0 unspecified atom stereocenters. The predicted molar refractivity (Wildman–Crippen MR) is 111 cm³/mol. The molecule has 4 heteroatoms. The van der Waals surface area contributed by atoms with E-state index < -0.39 is 0 Å². The minimum atomic E-state index is -0.199. The normalized spacial score (nSPS) is 15.7.